The van der Waals surface area contributed by atoms with E-state index in [2.05, 4.69) is 28.9 Å². The lowest BCUT2D eigenvalue weighted by atomic mass is 10.1. The summed E-state index contributed by atoms with van der Waals surface area (Å²) in [5.41, 5.74) is 5.00. The molecule has 0 bridgehead atoms. The number of thiocarbonyl (C=S) groups is 1. The molecule has 0 aromatic heterocycles. The van der Waals surface area contributed by atoms with E-state index in [0.29, 0.717) is 5.11 Å². The minimum atomic E-state index is -0.219. The first-order valence-electron chi connectivity index (χ1n) is 10.3. The van der Waals surface area contributed by atoms with Gasteiger partial charge in [0.15, 0.2) is 5.11 Å². The van der Waals surface area contributed by atoms with Crippen molar-refractivity contribution >= 4 is 52.1 Å². The summed E-state index contributed by atoms with van der Waals surface area (Å²) < 4.78 is 0. The van der Waals surface area contributed by atoms with Crippen LogP contribution in [0.4, 0.5) is 17.1 Å². The highest BCUT2D eigenvalue weighted by Crippen LogP contribution is 2.27. The molecule has 0 aliphatic heterocycles. The predicted octanol–water partition coefficient (Wildman–Crippen LogP) is 6.49. The zero-order valence-electron chi connectivity index (χ0n) is 17.9. The Morgan fingerprint density at radius 3 is 2.19 bits per heavy atom. The number of nitrogens with one attached hydrogen (secondary N) is 3. The Balaban J connectivity index is 1.55. The molecular weight excluding hydrogens is 422 g/mol. The minimum absolute atomic E-state index is 0.00411. The number of thioether (sulfide) groups is 1. The quantitative estimate of drug-likeness (QED) is 0.284. The normalized spacial score (nSPS) is 11.5. The summed E-state index contributed by atoms with van der Waals surface area (Å²) in [6.45, 7) is 6.05. The van der Waals surface area contributed by atoms with Gasteiger partial charge in [-0.05, 0) is 80.0 Å². The largest absolute Gasteiger partial charge is 0.332 e. The molecule has 0 unspecified atom stereocenters. The molecule has 6 heteroatoms. The second-order valence-electron chi connectivity index (χ2n) is 7.18. The summed E-state index contributed by atoms with van der Waals surface area (Å²) in [6.07, 6.45) is 0.883. The number of amides is 1. The molecular formula is C25H27N3OS2. The van der Waals surface area contributed by atoms with E-state index >= 15 is 0 Å². The first-order valence-corrected chi connectivity index (χ1v) is 11.5. The van der Waals surface area contributed by atoms with Crippen LogP contribution in [0, 0.1) is 6.92 Å². The molecule has 3 aromatic carbocycles. The molecule has 160 valence electrons. The van der Waals surface area contributed by atoms with E-state index < -0.39 is 0 Å². The lowest BCUT2D eigenvalue weighted by molar-refractivity contribution is -0.115. The third-order valence-electron chi connectivity index (χ3n) is 4.81. The summed E-state index contributed by atoms with van der Waals surface area (Å²) >= 11 is 6.90. The Labute approximate surface area is 193 Å². The van der Waals surface area contributed by atoms with E-state index in [1.165, 1.54) is 11.8 Å². The molecule has 0 aliphatic carbocycles. The standard InChI is InChI=1S/C25H27N3OS2/c1-4-19-10-8-9-17(2)23(19)28-24(29)18(3)31-22-15-13-21(14-16-22)27-25(30)26-20-11-6-5-7-12-20/h5-16,18H,4H2,1-3H3,(H,28,29)(H2,26,27,30)/t18-/m0/s1. The summed E-state index contributed by atoms with van der Waals surface area (Å²) in [7, 11) is 0. The Kier molecular flexibility index (Phi) is 8.09. The topological polar surface area (TPSA) is 53.2 Å². The fourth-order valence-corrected chi connectivity index (χ4v) is 4.22. The van der Waals surface area contributed by atoms with Crippen LogP contribution in [0.3, 0.4) is 0 Å². The second kappa shape index (κ2) is 11.0. The molecule has 31 heavy (non-hydrogen) atoms. The van der Waals surface area contributed by atoms with Crippen molar-refractivity contribution in [3.63, 3.8) is 0 Å². The molecule has 0 heterocycles. The van der Waals surface area contributed by atoms with Gasteiger partial charge in [0.25, 0.3) is 0 Å². The van der Waals surface area contributed by atoms with Crippen molar-refractivity contribution in [3.8, 4) is 0 Å². The average molecular weight is 450 g/mol. The second-order valence-corrected chi connectivity index (χ2v) is 9.00. The number of hydrogen-bond donors (Lipinski definition) is 3. The van der Waals surface area contributed by atoms with Crippen molar-refractivity contribution in [2.45, 2.75) is 37.3 Å². The van der Waals surface area contributed by atoms with Crippen LogP contribution >= 0.6 is 24.0 Å². The first kappa shape index (κ1) is 22.8. The molecule has 4 nitrogen and oxygen atoms in total. The number of carbonyl (C=O) groups excluding carboxylic acids is 1. The molecule has 0 saturated heterocycles. The lowest BCUT2D eigenvalue weighted by Gasteiger charge is -2.16. The number of aryl methyl sites for hydroxylation is 2. The lowest BCUT2D eigenvalue weighted by Crippen LogP contribution is -2.23. The van der Waals surface area contributed by atoms with Crippen LogP contribution < -0.4 is 16.0 Å². The smallest absolute Gasteiger partial charge is 0.237 e. The van der Waals surface area contributed by atoms with Crippen LogP contribution in [0.5, 0.6) is 0 Å². The zero-order chi connectivity index (χ0) is 22.2. The molecule has 0 spiro atoms. The highest BCUT2D eigenvalue weighted by Gasteiger charge is 2.17. The zero-order valence-corrected chi connectivity index (χ0v) is 19.6. The van der Waals surface area contributed by atoms with Gasteiger partial charge in [0.05, 0.1) is 5.25 Å². The number of rotatable bonds is 7. The maximum atomic E-state index is 12.8. The molecule has 0 fully saturated rings. The van der Waals surface area contributed by atoms with Gasteiger partial charge >= 0.3 is 0 Å². The van der Waals surface area contributed by atoms with Gasteiger partial charge in [-0.25, -0.2) is 0 Å². The number of hydrogen-bond acceptors (Lipinski definition) is 3. The van der Waals surface area contributed by atoms with Crippen molar-refractivity contribution < 1.29 is 4.79 Å². The van der Waals surface area contributed by atoms with Crippen molar-refractivity contribution in [3.05, 3.63) is 83.9 Å². The summed E-state index contributed by atoms with van der Waals surface area (Å²) in [5, 5.41) is 9.75. The van der Waals surface area contributed by atoms with Crippen LogP contribution in [-0.4, -0.2) is 16.3 Å². The van der Waals surface area contributed by atoms with E-state index in [9.17, 15) is 4.79 Å². The molecule has 0 radical (unpaired) electrons. The fourth-order valence-electron chi connectivity index (χ4n) is 3.12. The van der Waals surface area contributed by atoms with Gasteiger partial charge in [0.2, 0.25) is 5.91 Å². The highest BCUT2D eigenvalue weighted by molar-refractivity contribution is 8.00. The van der Waals surface area contributed by atoms with E-state index in [0.717, 1.165) is 39.5 Å². The van der Waals surface area contributed by atoms with Crippen LogP contribution in [0.1, 0.15) is 25.0 Å². The number of carbonyl (C=O) groups is 1. The third kappa shape index (κ3) is 6.57. The van der Waals surface area contributed by atoms with Crippen LogP contribution in [0.25, 0.3) is 0 Å². The minimum Gasteiger partial charge on any atom is -0.332 e. The van der Waals surface area contributed by atoms with Crippen molar-refractivity contribution in [1.29, 1.82) is 0 Å². The number of benzene rings is 3. The van der Waals surface area contributed by atoms with Crippen LogP contribution in [0.15, 0.2) is 77.7 Å². The molecule has 1 atom stereocenters. The molecule has 3 aromatic rings. The van der Waals surface area contributed by atoms with Gasteiger partial charge in [0, 0.05) is 22.0 Å². The van der Waals surface area contributed by atoms with Gasteiger partial charge in [-0.1, -0.05) is 43.3 Å². The maximum Gasteiger partial charge on any atom is 0.237 e. The van der Waals surface area contributed by atoms with E-state index in [4.69, 9.17) is 12.2 Å². The van der Waals surface area contributed by atoms with Gasteiger partial charge in [-0.3, -0.25) is 4.79 Å². The fraction of sp³-hybridized carbons (Fsp3) is 0.200. The van der Waals surface area contributed by atoms with Crippen molar-refractivity contribution in [2.24, 2.45) is 0 Å². The van der Waals surface area contributed by atoms with Gasteiger partial charge in [-0.15, -0.1) is 11.8 Å². The van der Waals surface area contributed by atoms with Crippen molar-refractivity contribution in [1.82, 2.24) is 0 Å². The first-order chi connectivity index (χ1) is 15.0. The highest BCUT2D eigenvalue weighted by atomic mass is 32.2. The Hall–Kier alpha value is -2.83. The monoisotopic (exact) mass is 449 g/mol. The van der Waals surface area contributed by atoms with Crippen molar-refractivity contribution in [2.75, 3.05) is 16.0 Å². The molecule has 3 rings (SSSR count). The molecule has 1 amide bonds. The summed E-state index contributed by atoms with van der Waals surface area (Å²) in [5.74, 6) is 0.00411. The van der Waals surface area contributed by atoms with Gasteiger partial charge in [0.1, 0.15) is 0 Å². The van der Waals surface area contributed by atoms with E-state index in [1.54, 1.807) is 0 Å². The van der Waals surface area contributed by atoms with Gasteiger partial charge in [-0.2, -0.15) is 0 Å². The number of para-hydroxylation sites is 2. The maximum absolute atomic E-state index is 12.8. The number of anilines is 3. The molecule has 3 N–H and O–H groups in total. The molecule has 0 aliphatic rings. The van der Waals surface area contributed by atoms with Crippen LogP contribution in [0.2, 0.25) is 0 Å². The van der Waals surface area contributed by atoms with Crippen LogP contribution in [-0.2, 0) is 11.2 Å². The Morgan fingerprint density at radius 2 is 1.55 bits per heavy atom. The summed E-state index contributed by atoms with van der Waals surface area (Å²) in [6, 6.07) is 23.8. The Morgan fingerprint density at radius 1 is 0.903 bits per heavy atom. The summed E-state index contributed by atoms with van der Waals surface area (Å²) in [4.78, 5) is 13.8. The van der Waals surface area contributed by atoms with E-state index in [-0.39, 0.29) is 11.2 Å². The van der Waals surface area contributed by atoms with E-state index in [1.807, 2.05) is 80.6 Å². The SMILES string of the molecule is CCc1cccc(C)c1NC(=O)[C@H](C)Sc1ccc(NC(=S)Nc2ccccc2)cc1. The molecule has 0 saturated carbocycles. The Bertz CT molecular complexity index is 1040. The average Bonchev–Trinajstić information content (AvgIpc) is 2.77. The third-order valence-corrected chi connectivity index (χ3v) is 6.13. The van der Waals surface area contributed by atoms with Gasteiger partial charge < -0.3 is 16.0 Å². The predicted molar refractivity (Wildman–Crippen MR) is 137 cm³/mol.